The first kappa shape index (κ1) is 10.8. The molecule has 1 aliphatic heterocycles. The molecule has 0 saturated carbocycles. The molecule has 0 spiro atoms. The predicted octanol–water partition coefficient (Wildman–Crippen LogP) is 2.86. The first-order valence-corrected chi connectivity index (χ1v) is 5.84. The minimum atomic E-state index is 0.498. The van der Waals surface area contributed by atoms with Crippen LogP contribution in [0.25, 0.3) is 0 Å². The summed E-state index contributed by atoms with van der Waals surface area (Å²) >= 11 is 5.87. The standard InChI is InChI=1S/C12H16ClNO/c13-10-4-3-6-12(8-10)15-9-11-5-1-2-7-14-11/h3-4,6,8,11,14H,1-2,5,7,9H2. The number of benzene rings is 1. The first-order valence-electron chi connectivity index (χ1n) is 5.46. The molecule has 1 unspecified atom stereocenters. The SMILES string of the molecule is Clc1cccc(OCC2CCCCN2)c1. The van der Waals surface area contributed by atoms with Crippen LogP contribution < -0.4 is 10.1 Å². The highest BCUT2D eigenvalue weighted by Crippen LogP contribution is 2.18. The molecule has 0 aromatic heterocycles. The van der Waals surface area contributed by atoms with Gasteiger partial charge in [-0.3, -0.25) is 0 Å². The van der Waals surface area contributed by atoms with E-state index in [9.17, 15) is 0 Å². The maximum absolute atomic E-state index is 5.87. The van der Waals surface area contributed by atoms with Crippen molar-refractivity contribution in [1.29, 1.82) is 0 Å². The van der Waals surface area contributed by atoms with Gasteiger partial charge in [-0.1, -0.05) is 24.1 Å². The third-order valence-electron chi connectivity index (χ3n) is 2.66. The molecule has 15 heavy (non-hydrogen) atoms. The molecule has 2 nitrogen and oxygen atoms in total. The number of rotatable bonds is 3. The lowest BCUT2D eigenvalue weighted by Crippen LogP contribution is -2.38. The van der Waals surface area contributed by atoms with Crippen LogP contribution in [0.3, 0.4) is 0 Å². The molecule has 1 atom stereocenters. The zero-order valence-corrected chi connectivity index (χ0v) is 9.46. The summed E-state index contributed by atoms with van der Waals surface area (Å²) in [6.07, 6.45) is 3.80. The lowest BCUT2D eigenvalue weighted by Gasteiger charge is -2.23. The predicted molar refractivity (Wildman–Crippen MR) is 62.6 cm³/mol. The fourth-order valence-electron chi connectivity index (χ4n) is 1.82. The Kier molecular flexibility index (Phi) is 3.87. The molecule has 1 fully saturated rings. The van der Waals surface area contributed by atoms with Crippen molar-refractivity contribution in [3.63, 3.8) is 0 Å². The van der Waals surface area contributed by atoms with Crippen molar-refractivity contribution in [2.24, 2.45) is 0 Å². The highest BCUT2D eigenvalue weighted by molar-refractivity contribution is 6.30. The maximum atomic E-state index is 5.87. The van der Waals surface area contributed by atoms with E-state index in [1.54, 1.807) is 0 Å². The molecule has 1 saturated heterocycles. The van der Waals surface area contributed by atoms with Gasteiger partial charge in [0.15, 0.2) is 0 Å². The van der Waals surface area contributed by atoms with E-state index >= 15 is 0 Å². The topological polar surface area (TPSA) is 21.3 Å². The Morgan fingerprint density at radius 2 is 2.33 bits per heavy atom. The summed E-state index contributed by atoms with van der Waals surface area (Å²) in [5.41, 5.74) is 0. The quantitative estimate of drug-likeness (QED) is 0.854. The Labute approximate surface area is 95.6 Å². The van der Waals surface area contributed by atoms with Crippen LogP contribution in [0.4, 0.5) is 0 Å². The largest absolute Gasteiger partial charge is 0.492 e. The van der Waals surface area contributed by atoms with Crippen LogP contribution in [0.1, 0.15) is 19.3 Å². The second-order valence-corrected chi connectivity index (χ2v) is 4.35. The third-order valence-corrected chi connectivity index (χ3v) is 2.89. The van der Waals surface area contributed by atoms with Gasteiger partial charge in [-0.25, -0.2) is 0 Å². The summed E-state index contributed by atoms with van der Waals surface area (Å²) in [4.78, 5) is 0. The minimum absolute atomic E-state index is 0.498. The van der Waals surface area contributed by atoms with Gasteiger partial charge < -0.3 is 10.1 Å². The highest BCUT2D eigenvalue weighted by atomic mass is 35.5. The lowest BCUT2D eigenvalue weighted by atomic mass is 10.1. The molecule has 0 amide bonds. The van der Waals surface area contributed by atoms with Crippen LogP contribution >= 0.6 is 11.6 Å². The van der Waals surface area contributed by atoms with Gasteiger partial charge in [0.25, 0.3) is 0 Å². The normalized spacial score (nSPS) is 21.3. The van der Waals surface area contributed by atoms with Gasteiger partial charge in [0.1, 0.15) is 12.4 Å². The molecule has 1 aromatic rings. The Morgan fingerprint density at radius 1 is 1.40 bits per heavy atom. The van der Waals surface area contributed by atoms with Crippen LogP contribution in [-0.4, -0.2) is 19.2 Å². The smallest absolute Gasteiger partial charge is 0.120 e. The fourth-order valence-corrected chi connectivity index (χ4v) is 2.00. The molecular formula is C12H16ClNO. The Hall–Kier alpha value is -0.730. The Morgan fingerprint density at radius 3 is 3.07 bits per heavy atom. The van der Waals surface area contributed by atoms with E-state index in [2.05, 4.69) is 5.32 Å². The monoisotopic (exact) mass is 225 g/mol. The number of nitrogens with one attached hydrogen (secondary N) is 1. The molecule has 1 aromatic carbocycles. The number of halogens is 1. The molecule has 1 heterocycles. The molecule has 2 rings (SSSR count). The maximum Gasteiger partial charge on any atom is 0.120 e. The van der Waals surface area contributed by atoms with Gasteiger partial charge >= 0.3 is 0 Å². The minimum Gasteiger partial charge on any atom is -0.492 e. The van der Waals surface area contributed by atoms with Crippen LogP contribution in [0.2, 0.25) is 5.02 Å². The van der Waals surface area contributed by atoms with E-state index in [1.807, 2.05) is 24.3 Å². The van der Waals surface area contributed by atoms with E-state index in [4.69, 9.17) is 16.3 Å². The van der Waals surface area contributed by atoms with Gasteiger partial charge in [-0.2, -0.15) is 0 Å². The average Bonchev–Trinajstić information content (AvgIpc) is 2.28. The van der Waals surface area contributed by atoms with Crippen molar-refractivity contribution in [3.8, 4) is 5.75 Å². The second-order valence-electron chi connectivity index (χ2n) is 3.92. The number of hydrogen-bond donors (Lipinski definition) is 1. The summed E-state index contributed by atoms with van der Waals surface area (Å²) in [5, 5.41) is 4.17. The number of ether oxygens (including phenoxy) is 1. The van der Waals surface area contributed by atoms with Crippen LogP contribution in [-0.2, 0) is 0 Å². The van der Waals surface area contributed by atoms with Crippen LogP contribution in [0, 0.1) is 0 Å². The molecule has 0 bridgehead atoms. The summed E-state index contributed by atoms with van der Waals surface area (Å²) in [7, 11) is 0. The molecule has 0 aliphatic carbocycles. The van der Waals surface area contributed by atoms with E-state index in [-0.39, 0.29) is 0 Å². The molecule has 3 heteroatoms. The van der Waals surface area contributed by atoms with Crippen LogP contribution in [0.5, 0.6) is 5.75 Å². The Balaban J connectivity index is 1.81. The summed E-state index contributed by atoms with van der Waals surface area (Å²) in [6.45, 7) is 1.85. The molecule has 1 aliphatic rings. The molecule has 0 radical (unpaired) electrons. The second kappa shape index (κ2) is 5.38. The van der Waals surface area contributed by atoms with E-state index in [0.29, 0.717) is 6.04 Å². The fraction of sp³-hybridized carbons (Fsp3) is 0.500. The van der Waals surface area contributed by atoms with Gasteiger partial charge in [0.05, 0.1) is 0 Å². The third kappa shape index (κ3) is 3.40. The molecule has 1 N–H and O–H groups in total. The van der Waals surface area contributed by atoms with Crippen molar-refractivity contribution in [3.05, 3.63) is 29.3 Å². The Bertz CT molecular complexity index is 310. The van der Waals surface area contributed by atoms with Gasteiger partial charge in [-0.15, -0.1) is 0 Å². The van der Waals surface area contributed by atoms with E-state index in [1.165, 1.54) is 19.3 Å². The van der Waals surface area contributed by atoms with Gasteiger partial charge in [0, 0.05) is 11.1 Å². The zero-order chi connectivity index (χ0) is 10.5. The lowest BCUT2D eigenvalue weighted by molar-refractivity contribution is 0.239. The highest BCUT2D eigenvalue weighted by Gasteiger charge is 2.12. The average molecular weight is 226 g/mol. The van der Waals surface area contributed by atoms with Gasteiger partial charge in [-0.05, 0) is 37.6 Å². The summed E-state index contributed by atoms with van der Waals surface area (Å²) in [6, 6.07) is 8.05. The summed E-state index contributed by atoms with van der Waals surface area (Å²) in [5.74, 6) is 0.856. The van der Waals surface area contributed by atoms with Gasteiger partial charge in [0.2, 0.25) is 0 Å². The van der Waals surface area contributed by atoms with E-state index in [0.717, 1.165) is 23.9 Å². The number of hydrogen-bond acceptors (Lipinski definition) is 2. The van der Waals surface area contributed by atoms with Crippen molar-refractivity contribution in [2.45, 2.75) is 25.3 Å². The van der Waals surface area contributed by atoms with Crippen LogP contribution in [0.15, 0.2) is 24.3 Å². The van der Waals surface area contributed by atoms with Crippen molar-refractivity contribution in [1.82, 2.24) is 5.32 Å². The van der Waals surface area contributed by atoms with E-state index < -0.39 is 0 Å². The summed E-state index contributed by atoms with van der Waals surface area (Å²) < 4.78 is 5.68. The molecular weight excluding hydrogens is 210 g/mol. The first-order chi connectivity index (χ1) is 7.34. The zero-order valence-electron chi connectivity index (χ0n) is 8.71. The molecule has 82 valence electrons. The van der Waals surface area contributed by atoms with Crippen molar-refractivity contribution >= 4 is 11.6 Å². The van der Waals surface area contributed by atoms with Crippen molar-refractivity contribution in [2.75, 3.05) is 13.2 Å². The van der Waals surface area contributed by atoms with Crippen molar-refractivity contribution < 1.29 is 4.74 Å². The number of piperidine rings is 1.